The van der Waals surface area contributed by atoms with Crippen molar-refractivity contribution in [3.63, 3.8) is 0 Å². The Bertz CT molecular complexity index is 1170. The average Bonchev–Trinajstić information content (AvgIpc) is 3.06. The number of rotatable bonds is 6. The van der Waals surface area contributed by atoms with Crippen LogP contribution in [0.15, 0.2) is 45.4 Å². The number of anilines is 1. The highest BCUT2D eigenvalue weighted by Gasteiger charge is 2.17. The minimum absolute atomic E-state index is 0.0599. The minimum Gasteiger partial charge on any atom is -0.369 e. The van der Waals surface area contributed by atoms with Gasteiger partial charge in [0.25, 0.3) is 11.5 Å². The Morgan fingerprint density at radius 2 is 2.04 bits per heavy atom. The first-order chi connectivity index (χ1) is 13.3. The molecule has 0 atom stereocenters. The van der Waals surface area contributed by atoms with Crippen LogP contribution in [0.5, 0.6) is 0 Å². The number of carbonyl (C=O) groups excluding carboxylic acids is 2. The maximum absolute atomic E-state index is 12.6. The predicted molar refractivity (Wildman–Crippen MR) is 105 cm³/mol. The summed E-state index contributed by atoms with van der Waals surface area (Å²) in [5.74, 6) is -1.29. The molecule has 4 N–H and O–H groups in total. The van der Waals surface area contributed by atoms with E-state index in [2.05, 4.69) is 15.3 Å². The van der Waals surface area contributed by atoms with E-state index in [9.17, 15) is 19.2 Å². The molecule has 0 radical (unpaired) electrons. The maximum atomic E-state index is 12.6. The largest absolute Gasteiger partial charge is 0.369 e. The molecule has 144 valence electrons. The Morgan fingerprint density at radius 3 is 2.75 bits per heavy atom. The molecule has 2 aromatic heterocycles. The van der Waals surface area contributed by atoms with Crippen LogP contribution < -0.4 is 22.3 Å². The summed E-state index contributed by atoms with van der Waals surface area (Å²) < 4.78 is 0.885. The number of aromatic nitrogens is 3. The first-order valence-corrected chi connectivity index (χ1v) is 9.21. The molecule has 0 aliphatic heterocycles. The maximum Gasteiger partial charge on any atom is 0.328 e. The monoisotopic (exact) mass is 419 g/mol. The highest BCUT2D eigenvalue weighted by atomic mass is 35.5. The molecule has 0 fully saturated rings. The van der Waals surface area contributed by atoms with E-state index in [1.807, 2.05) is 0 Å². The summed E-state index contributed by atoms with van der Waals surface area (Å²) in [5.41, 5.74) is 4.37. The zero-order chi connectivity index (χ0) is 20.3. The molecule has 0 aliphatic rings. The Morgan fingerprint density at radius 1 is 1.29 bits per heavy atom. The fraction of sp³-hybridized carbons (Fsp3) is 0.118. The van der Waals surface area contributed by atoms with Crippen molar-refractivity contribution < 1.29 is 9.59 Å². The summed E-state index contributed by atoms with van der Waals surface area (Å²) in [6.07, 6.45) is 0.983. The molecule has 28 heavy (non-hydrogen) atoms. The van der Waals surface area contributed by atoms with E-state index >= 15 is 0 Å². The molecule has 0 bridgehead atoms. The van der Waals surface area contributed by atoms with Gasteiger partial charge in [0.15, 0.2) is 5.13 Å². The van der Waals surface area contributed by atoms with E-state index in [0.717, 1.165) is 22.1 Å². The third-order valence-corrected chi connectivity index (χ3v) is 4.89. The third-order valence-electron chi connectivity index (χ3n) is 3.72. The van der Waals surface area contributed by atoms with Crippen LogP contribution in [-0.2, 0) is 17.8 Å². The molecule has 3 aromatic rings. The molecular formula is C17H14ClN5O4S. The average molecular weight is 420 g/mol. The molecule has 0 saturated heterocycles. The second kappa shape index (κ2) is 8.19. The van der Waals surface area contributed by atoms with Gasteiger partial charge in [0.05, 0.1) is 18.7 Å². The number of amides is 2. The second-order valence-corrected chi connectivity index (χ2v) is 7.00. The number of aromatic amines is 1. The lowest BCUT2D eigenvalue weighted by molar-refractivity contribution is -0.117. The minimum atomic E-state index is -0.768. The molecular weight excluding hydrogens is 406 g/mol. The van der Waals surface area contributed by atoms with E-state index < -0.39 is 23.1 Å². The number of H-pyrrole nitrogens is 1. The number of primary amides is 1. The quantitative estimate of drug-likeness (QED) is 0.546. The fourth-order valence-electron chi connectivity index (χ4n) is 2.40. The van der Waals surface area contributed by atoms with Crippen LogP contribution in [0.1, 0.15) is 21.6 Å². The Labute approximate surface area is 166 Å². The van der Waals surface area contributed by atoms with E-state index in [0.29, 0.717) is 16.3 Å². The predicted octanol–water partition coefficient (Wildman–Crippen LogP) is 0.975. The van der Waals surface area contributed by atoms with Crippen molar-refractivity contribution in [1.82, 2.24) is 14.5 Å². The van der Waals surface area contributed by atoms with Crippen LogP contribution in [0.25, 0.3) is 0 Å². The number of carbonyl (C=O) groups is 2. The van der Waals surface area contributed by atoms with Gasteiger partial charge in [-0.1, -0.05) is 29.8 Å². The van der Waals surface area contributed by atoms with E-state index in [4.69, 9.17) is 17.3 Å². The molecule has 3 rings (SSSR count). The summed E-state index contributed by atoms with van der Waals surface area (Å²) in [6, 6.07) is 6.77. The van der Waals surface area contributed by atoms with Gasteiger partial charge in [0.2, 0.25) is 5.91 Å². The summed E-state index contributed by atoms with van der Waals surface area (Å²) in [7, 11) is 0. The number of benzene rings is 1. The SMILES string of the molecule is NC(=O)Cc1csc(NC(=O)c2c[nH]c(=O)n(Cc3ccccc3Cl)c2=O)n1. The van der Waals surface area contributed by atoms with Crippen molar-refractivity contribution in [1.29, 1.82) is 0 Å². The highest BCUT2D eigenvalue weighted by molar-refractivity contribution is 7.14. The number of nitrogens with zero attached hydrogens (tertiary/aromatic N) is 2. The van der Waals surface area contributed by atoms with Gasteiger partial charge in [-0.15, -0.1) is 11.3 Å². The molecule has 2 heterocycles. The van der Waals surface area contributed by atoms with Crippen LogP contribution in [0, 0.1) is 0 Å². The number of hydrogen-bond donors (Lipinski definition) is 3. The van der Waals surface area contributed by atoms with E-state index in [-0.39, 0.29) is 23.7 Å². The first-order valence-electron chi connectivity index (χ1n) is 7.95. The summed E-state index contributed by atoms with van der Waals surface area (Å²) in [4.78, 5) is 54.5. The fourth-order valence-corrected chi connectivity index (χ4v) is 3.30. The first kappa shape index (κ1) is 19.5. The normalized spacial score (nSPS) is 10.6. The van der Waals surface area contributed by atoms with Crippen molar-refractivity contribution in [2.24, 2.45) is 5.73 Å². The smallest absolute Gasteiger partial charge is 0.328 e. The zero-order valence-electron chi connectivity index (χ0n) is 14.3. The molecule has 0 saturated carbocycles. The van der Waals surface area contributed by atoms with Gasteiger partial charge in [-0.25, -0.2) is 9.78 Å². The third kappa shape index (κ3) is 4.35. The molecule has 11 heteroatoms. The van der Waals surface area contributed by atoms with Gasteiger partial charge in [-0.3, -0.25) is 24.3 Å². The highest BCUT2D eigenvalue weighted by Crippen LogP contribution is 2.17. The van der Waals surface area contributed by atoms with Crippen LogP contribution >= 0.6 is 22.9 Å². The molecule has 1 aromatic carbocycles. The lowest BCUT2D eigenvalue weighted by Gasteiger charge is -2.08. The van der Waals surface area contributed by atoms with Crippen molar-refractivity contribution in [2.75, 3.05) is 5.32 Å². The summed E-state index contributed by atoms with van der Waals surface area (Å²) >= 11 is 7.16. The lowest BCUT2D eigenvalue weighted by Crippen LogP contribution is -2.39. The second-order valence-electron chi connectivity index (χ2n) is 5.73. The van der Waals surface area contributed by atoms with Crippen molar-refractivity contribution >= 4 is 39.9 Å². The van der Waals surface area contributed by atoms with Gasteiger partial charge < -0.3 is 10.7 Å². The number of nitrogens with two attached hydrogens (primary N) is 1. The number of nitrogens with one attached hydrogen (secondary N) is 2. The number of hydrogen-bond acceptors (Lipinski definition) is 6. The zero-order valence-corrected chi connectivity index (χ0v) is 15.8. The molecule has 0 aliphatic carbocycles. The van der Waals surface area contributed by atoms with Crippen molar-refractivity contribution in [3.8, 4) is 0 Å². The summed E-state index contributed by atoms with van der Waals surface area (Å²) in [6.45, 7) is -0.0883. The molecule has 0 unspecified atom stereocenters. The summed E-state index contributed by atoms with van der Waals surface area (Å²) in [5, 5.41) is 4.64. The van der Waals surface area contributed by atoms with Crippen LogP contribution in [-0.4, -0.2) is 26.3 Å². The Kier molecular flexibility index (Phi) is 5.71. The Balaban J connectivity index is 1.86. The van der Waals surface area contributed by atoms with Crippen LogP contribution in [0.4, 0.5) is 5.13 Å². The number of thiazole rings is 1. The van der Waals surface area contributed by atoms with Crippen LogP contribution in [0.2, 0.25) is 5.02 Å². The van der Waals surface area contributed by atoms with E-state index in [1.54, 1.807) is 29.6 Å². The van der Waals surface area contributed by atoms with Gasteiger partial charge >= 0.3 is 5.69 Å². The molecule has 2 amide bonds. The molecule has 0 spiro atoms. The van der Waals surface area contributed by atoms with Gasteiger partial charge in [0, 0.05) is 16.6 Å². The van der Waals surface area contributed by atoms with Gasteiger partial charge in [0.1, 0.15) is 5.56 Å². The van der Waals surface area contributed by atoms with E-state index in [1.165, 1.54) is 0 Å². The lowest BCUT2D eigenvalue weighted by atomic mass is 10.2. The van der Waals surface area contributed by atoms with Crippen molar-refractivity contribution in [2.45, 2.75) is 13.0 Å². The topological polar surface area (TPSA) is 140 Å². The standard InChI is InChI=1S/C17H14ClN5O4S/c18-12-4-2-1-3-9(12)7-23-15(26)11(6-20-17(23)27)14(25)22-16-21-10(8-28-16)5-13(19)24/h1-4,6,8H,5,7H2,(H2,19,24)(H,20,27)(H,21,22,25). The number of halogens is 1. The van der Waals surface area contributed by atoms with Gasteiger partial charge in [-0.05, 0) is 11.6 Å². The van der Waals surface area contributed by atoms with Crippen LogP contribution in [0.3, 0.4) is 0 Å². The van der Waals surface area contributed by atoms with Crippen molar-refractivity contribution in [3.05, 3.63) is 78.5 Å². The molecule has 9 nitrogen and oxygen atoms in total. The Hall–Kier alpha value is -3.24. The van der Waals surface area contributed by atoms with Gasteiger partial charge in [-0.2, -0.15) is 0 Å².